The fourth-order valence-electron chi connectivity index (χ4n) is 3.25. The first kappa shape index (κ1) is 17.9. The van der Waals surface area contributed by atoms with Crippen molar-refractivity contribution in [3.63, 3.8) is 0 Å². The van der Waals surface area contributed by atoms with Gasteiger partial charge in [0.2, 0.25) is 0 Å². The van der Waals surface area contributed by atoms with Crippen molar-refractivity contribution in [1.82, 2.24) is 24.8 Å². The maximum atomic E-state index is 12.2. The lowest BCUT2D eigenvalue weighted by Crippen LogP contribution is -2.28. The Bertz CT molecular complexity index is 1060. The van der Waals surface area contributed by atoms with Crippen molar-refractivity contribution < 1.29 is 4.79 Å². The van der Waals surface area contributed by atoms with Gasteiger partial charge in [0.25, 0.3) is 5.91 Å². The molecule has 1 N–H and O–H groups in total. The first-order valence-corrected chi connectivity index (χ1v) is 9.33. The predicted octanol–water partition coefficient (Wildman–Crippen LogP) is 3.04. The van der Waals surface area contributed by atoms with Crippen molar-refractivity contribution in [2.45, 2.75) is 19.4 Å². The Kier molecular flexibility index (Phi) is 5.38. The van der Waals surface area contributed by atoms with E-state index in [1.807, 2.05) is 24.3 Å². The highest BCUT2D eigenvalue weighted by molar-refractivity contribution is 5.91. The van der Waals surface area contributed by atoms with Crippen molar-refractivity contribution in [1.29, 1.82) is 0 Å². The van der Waals surface area contributed by atoms with E-state index in [9.17, 15) is 4.79 Å². The number of nitrogens with one attached hydrogen (secondary N) is 1. The average Bonchev–Trinajstić information content (AvgIpc) is 3.11. The summed E-state index contributed by atoms with van der Waals surface area (Å²) in [6, 6.07) is 18.5. The fourth-order valence-corrected chi connectivity index (χ4v) is 3.25. The van der Waals surface area contributed by atoms with Crippen LogP contribution in [0.25, 0.3) is 11.0 Å². The first-order valence-electron chi connectivity index (χ1n) is 9.33. The van der Waals surface area contributed by atoms with Crippen LogP contribution in [-0.2, 0) is 19.4 Å². The van der Waals surface area contributed by atoms with Gasteiger partial charge in [0.15, 0.2) is 0 Å². The minimum atomic E-state index is -0.219. The number of carbonyl (C=O) groups is 1. The number of aryl methyl sites for hydroxylation is 2. The minimum Gasteiger partial charge on any atom is -0.349 e. The highest BCUT2D eigenvalue weighted by Crippen LogP contribution is 2.17. The van der Waals surface area contributed by atoms with Gasteiger partial charge in [-0.15, -0.1) is 0 Å². The Balaban J connectivity index is 1.48. The van der Waals surface area contributed by atoms with Crippen molar-refractivity contribution in [2.75, 3.05) is 6.54 Å². The first-order chi connectivity index (χ1) is 13.8. The second-order valence-corrected chi connectivity index (χ2v) is 6.50. The Hall–Kier alpha value is -3.54. The number of carbonyl (C=O) groups excluding carboxylic acids is 1. The highest BCUT2D eigenvalue weighted by Gasteiger charge is 2.12. The molecular weight excluding hydrogens is 350 g/mol. The third-order valence-corrected chi connectivity index (χ3v) is 4.63. The summed E-state index contributed by atoms with van der Waals surface area (Å²) in [6.45, 7) is 1.14. The van der Waals surface area contributed by atoms with Gasteiger partial charge >= 0.3 is 0 Å². The number of amides is 1. The molecule has 0 saturated carbocycles. The van der Waals surface area contributed by atoms with Crippen LogP contribution in [0.5, 0.6) is 0 Å². The van der Waals surface area contributed by atoms with Crippen molar-refractivity contribution in [3.8, 4) is 0 Å². The zero-order valence-corrected chi connectivity index (χ0v) is 15.5. The van der Waals surface area contributed by atoms with Crippen LogP contribution in [0.4, 0.5) is 0 Å². The van der Waals surface area contributed by atoms with Gasteiger partial charge in [-0.1, -0.05) is 42.5 Å². The van der Waals surface area contributed by atoms with E-state index in [1.165, 1.54) is 18.0 Å². The quantitative estimate of drug-likeness (QED) is 0.542. The van der Waals surface area contributed by atoms with Crippen LogP contribution in [-0.4, -0.2) is 32.0 Å². The molecule has 0 fully saturated rings. The molecule has 0 spiro atoms. The van der Waals surface area contributed by atoms with Crippen molar-refractivity contribution >= 4 is 16.9 Å². The Morgan fingerprint density at radius 3 is 2.61 bits per heavy atom. The third kappa shape index (κ3) is 4.06. The topological polar surface area (TPSA) is 72.7 Å². The maximum Gasteiger partial charge on any atom is 0.271 e. The third-order valence-electron chi connectivity index (χ3n) is 4.63. The Labute approximate surface area is 163 Å². The molecule has 0 aliphatic carbocycles. The van der Waals surface area contributed by atoms with Crippen LogP contribution >= 0.6 is 0 Å². The molecule has 0 unspecified atom stereocenters. The summed E-state index contributed by atoms with van der Waals surface area (Å²) in [7, 11) is 0. The number of imidazole rings is 1. The molecule has 0 bridgehead atoms. The summed E-state index contributed by atoms with van der Waals surface area (Å²) in [5.41, 5.74) is 3.67. The summed E-state index contributed by atoms with van der Waals surface area (Å²) in [6.07, 6.45) is 6.30. The molecule has 1 amide bonds. The molecule has 28 heavy (non-hydrogen) atoms. The smallest absolute Gasteiger partial charge is 0.271 e. The van der Waals surface area contributed by atoms with Crippen LogP contribution in [0, 0.1) is 0 Å². The average molecular weight is 371 g/mol. The predicted molar refractivity (Wildman–Crippen MR) is 108 cm³/mol. The van der Waals surface area contributed by atoms with Crippen molar-refractivity contribution in [2.24, 2.45) is 0 Å². The van der Waals surface area contributed by atoms with Crippen LogP contribution in [0.1, 0.15) is 21.9 Å². The standard InChI is InChI=1S/C22H21N5O/c28-22(19-16-23-12-13-24-19)25-14-15-27-20-9-5-4-8-18(20)26-21(27)11-10-17-6-2-1-3-7-17/h1-9,12-13,16H,10-11,14-15H2,(H,25,28). The molecule has 4 aromatic rings. The number of hydrogen-bond acceptors (Lipinski definition) is 4. The number of hydrogen-bond donors (Lipinski definition) is 1. The molecule has 2 aromatic carbocycles. The molecule has 4 rings (SSSR count). The molecule has 0 radical (unpaired) electrons. The van der Waals surface area contributed by atoms with E-state index in [0.717, 1.165) is 29.7 Å². The number of nitrogens with zero attached hydrogens (tertiary/aromatic N) is 4. The lowest BCUT2D eigenvalue weighted by Gasteiger charge is -2.10. The van der Waals surface area contributed by atoms with Gasteiger partial charge in [0.05, 0.1) is 17.2 Å². The molecule has 0 atom stereocenters. The lowest BCUT2D eigenvalue weighted by molar-refractivity contribution is 0.0947. The van der Waals surface area contributed by atoms with Gasteiger partial charge in [-0.3, -0.25) is 9.78 Å². The van der Waals surface area contributed by atoms with Crippen LogP contribution in [0.3, 0.4) is 0 Å². The summed E-state index contributed by atoms with van der Waals surface area (Å²) < 4.78 is 2.19. The van der Waals surface area contributed by atoms with Gasteiger partial charge in [-0.2, -0.15) is 0 Å². The van der Waals surface area contributed by atoms with Gasteiger partial charge in [0.1, 0.15) is 11.5 Å². The van der Waals surface area contributed by atoms with Gasteiger partial charge in [-0.05, 0) is 24.1 Å². The van der Waals surface area contributed by atoms with E-state index < -0.39 is 0 Å². The van der Waals surface area contributed by atoms with E-state index in [2.05, 4.69) is 50.2 Å². The molecular formula is C22H21N5O. The zero-order valence-electron chi connectivity index (χ0n) is 15.5. The summed E-state index contributed by atoms with van der Waals surface area (Å²) in [4.78, 5) is 25.0. The number of benzene rings is 2. The van der Waals surface area contributed by atoms with E-state index in [1.54, 1.807) is 6.20 Å². The SMILES string of the molecule is O=C(NCCn1c(CCc2ccccc2)nc2ccccc21)c1cnccn1. The molecule has 2 heterocycles. The highest BCUT2D eigenvalue weighted by atomic mass is 16.1. The minimum absolute atomic E-state index is 0.219. The molecule has 6 nitrogen and oxygen atoms in total. The summed E-state index contributed by atoms with van der Waals surface area (Å²) in [5.74, 6) is 0.808. The van der Waals surface area contributed by atoms with Gasteiger partial charge < -0.3 is 9.88 Å². The molecule has 2 aromatic heterocycles. The van der Waals surface area contributed by atoms with Crippen LogP contribution in [0.15, 0.2) is 73.2 Å². The molecule has 0 saturated heterocycles. The van der Waals surface area contributed by atoms with E-state index in [-0.39, 0.29) is 5.91 Å². The monoisotopic (exact) mass is 371 g/mol. The molecule has 140 valence electrons. The number of rotatable bonds is 7. The van der Waals surface area contributed by atoms with Crippen LogP contribution in [0.2, 0.25) is 0 Å². The largest absolute Gasteiger partial charge is 0.349 e. The second kappa shape index (κ2) is 8.43. The number of aromatic nitrogens is 4. The van der Waals surface area contributed by atoms with Crippen molar-refractivity contribution in [3.05, 3.63) is 90.3 Å². The maximum absolute atomic E-state index is 12.2. The fraction of sp³-hybridized carbons (Fsp3) is 0.182. The van der Waals surface area contributed by atoms with Gasteiger partial charge in [-0.25, -0.2) is 9.97 Å². The Morgan fingerprint density at radius 2 is 1.79 bits per heavy atom. The second-order valence-electron chi connectivity index (χ2n) is 6.50. The Morgan fingerprint density at radius 1 is 0.964 bits per heavy atom. The zero-order chi connectivity index (χ0) is 19.2. The van der Waals surface area contributed by atoms with E-state index in [4.69, 9.17) is 4.98 Å². The van der Waals surface area contributed by atoms with Gasteiger partial charge in [0, 0.05) is 31.9 Å². The van der Waals surface area contributed by atoms with E-state index in [0.29, 0.717) is 18.8 Å². The van der Waals surface area contributed by atoms with Crippen LogP contribution < -0.4 is 5.32 Å². The normalized spacial score (nSPS) is 10.9. The summed E-state index contributed by atoms with van der Waals surface area (Å²) in [5, 5.41) is 2.91. The summed E-state index contributed by atoms with van der Waals surface area (Å²) >= 11 is 0. The molecule has 6 heteroatoms. The molecule has 0 aliphatic heterocycles. The number of para-hydroxylation sites is 2. The lowest BCUT2D eigenvalue weighted by atomic mass is 10.1. The molecule has 0 aliphatic rings. The number of fused-ring (bicyclic) bond motifs is 1. The van der Waals surface area contributed by atoms with E-state index >= 15 is 0 Å².